The zero-order valence-electron chi connectivity index (χ0n) is 8.53. The number of nitrogens with zero attached hydrogens (tertiary/aromatic N) is 1. The standard InChI is InChI=1S/C11H9IN2O2/c1-16-11(15)10-6-9(13-14-10)7-3-2-4-8(12)5-7/h2-6H,1H3,(H,13,14). The van der Waals surface area contributed by atoms with E-state index in [-0.39, 0.29) is 0 Å². The minimum Gasteiger partial charge on any atom is -0.464 e. The summed E-state index contributed by atoms with van der Waals surface area (Å²) < 4.78 is 5.72. The summed E-state index contributed by atoms with van der Waals surface area (Å²) in [5, 5.41) is 6.71. The molecular formula is C11H9IN2O2. The highest BCUT2D eigenvalue weighted by molar-refractivity contribution is 14.1. The summed E-state index contributed by atoms with van der Waals surface area (Å²) in [6.07, 6.45) is 0. The van der Waals surface area contributed by atoms with Crippen molar-refractivity contribution in [3.8, 4) is 11.3 Å². The van der Waals surface area contributed by atoms with Crippen LogP contribution in [0.2, 0.25) is 0 Å². The maximum Gasteiger partial charge on any atom is 0.356 e. The van der Waals surface area contributed by atoms with Crippen LogP contribution in [0.4, 0.5) is 0 Å². The Kier molecular flexibility index (Phi) is 3.23. The van der Waals surface area contributed by atoms with Gasteiger partial charge >= 0.3 is 5.97 Å². The van der Waals surface area contributed by atoms with Gasteiger partial charge in [0.25, 0.3) is 0 Å². The number of ether oxygens (including phenoxy) is 1. The van der Waals surface area contributed by atoms with E-state index in [9.17, 15) is 4.79 Å². The van der Waals surface area contributed by atoms with Crippen LogP contribution in [0, 0.1) is 3.57 Å². The third kappa shape index (κ3) is 2.24. The number of aromatic nitrogens is 2. The summed E-state index contributed by atoms with van der Waals surface area (Å²) >= 11 is 2.23. The van der Waals surface area contributed by atoms with Gasteiger partial charge in [-0.15, -0.1) is 0 Å². The van der Waals surface area contributed by atoms with Gasteiger partial charge in [0.05, 0.1) is 12.8 Å². The van der Waals surface area contributed by atoms with Crippen molar-refractivity contribution in [3.05, 3.63) is 39.6 Å². The van der Waals surface area contributed by atoms with Crippen LogP contribution in [0.25, 0.3) is 11.3 Å². The summed E-state index contributed by atoms with van der Waals surface area (Å²) in [5.41, 5.74) is 2.06. The Morgan fingerprint density at radius 3 is 2.94 bits per heavy atom. The Hall–Kier alpha value is -1.37. The fraction of sp³-hybridized carbons (Fsp3) is 0.0909. The van der Waals surface area contributed by atoms with Gasteiger partial charge in [0.1, 0.15) is 5.69 Å². The molecule has 0 saturated heterocycles. The third-order valence-electron chi connectivity index (χ3n) is 2.10. The lowest BCUT2D eigenvalue weighted by Gasteiger charge is -1.95. The molecule has 5 heteroatoms. The molecule has 0 aliphatic heterocycles. The van der Waals surface area contributed by atoms with Gasteiger partial charge in [-0.3, -0.25) is 5.10 Å². The number of hydrogen-bond acceptors (Lipinski definition) is 3. The maximum atomic E-state index is 11.2. The van der Waals surface area contributed by atoms with Crippen molar-refractivity contribution in [1.29, 1.82) is 0 Å². The largest absolute Gasteiger partial charge is 0.464 e. The summed E-state index contributed by atoms with van der Waals surface area (Å²) in [6, 6.07) is 9.57. The highest BCUT2D eigenvalue weighted by Gasteiger charge is 2.10. The van der Waals surface area contributed by atoms with Crippen LogP contribution < -0.4 is 0 Å². The normalized spacial score (nSPS) is 10.1. The molecule has 0 aliphatic rings. The van der Waals surface area contributed by atoms with Gasteiger partial charge in [0.15, 0.2) is 0 Å². The molecule has 0 unspecified atom stereocenters. The molecule has 1 aromatic carbocycles. The van der Waals surface area contributed by atoms with Crippen LogP contribution in [-0.2, 0) is 4.74 Å². The van der Waals surface area contributed by atoms with Gasteiger partial charge in [0, 0.05) is 9.13 Å². The lowest BCUT2D eigenvalue weighted by molar-refractivity contribution is 0.0594. The van der Waals surface area contributed by atoms with Gasteiger partial charge in [-0.1, -0.05) is 12.1 Å². The SMILES string of the molecule is COC(=O)c1cc(-c2cccc(I)c2)n[nH]1. The number of methoxy groups -OCH3 is 1. The number of benzene rings is 1. The molecule has 1 aromatic heterocycles. The topological polar surface area (TPSA) is 55.0 Å². The Morgan fingerprint density at radius 1 is 1.44 bits per heavy atom. The second-order valence-corrected chi connectivity index (χ2v) is 4.41. The molecule has 0 amide bonds. The average Bonchev–Trinajstić information content (AvgIpc) is 2.77. The highest BCUT2D eigenvalue weighted by Crippen LogP contribution is 2.19. The molecular weight excluding hydrogens is 319 g/mol. The van der Waals surface area contributed by atoms with Crippen molar-refractivity contribution in [3.63, 3.8) is 0 Å². The minimum absolute atomic E-state index is 0.358. The van der Waals surface area contributed by atoms with Gasteiger partial charge in [-0.2, -0.15) is 5.10 Å². The van der Waals surface area contributed by atoms with E-state index in [2.05, 4.69) is 37.5 Å². The van der Waals surface area contributed by atoms with E-state index in [0.29, 0.717) is 5.69 Å². The number of carbonyl (C=O) groups excluding carboxylic acids is 1. The fourth-order valence-electron chi connectivity index (χ4n) is 1.33. The Labute approximate surface area is 106 Å². The van der Waals surface area contributed by atoms with E-state index in [1.807, 2.05) is 24.3 Å². The molecule has 4 nitrogen and oxygen atoms in total. The number of rotatable bonds is 2. The van der Waals surface area contributed by atoms with E-state index >= 15 is 0 Å². The molecule has 0 radical (unpaired) electrons. The summed E-state index contributed by atoms with van der Waals surface area (Å²) in [7, 11) is 1.34. The molecule has 1 N–H and O–H groups in total. The first kappa shape index (κ1) is 11.1. The predicted molar refractivity (Wildman–Crippen MR) is 68.1 cm³/mol. The number of H-pyrrole nitrogens is 1. The summed E-state index contributed by atoms with van der Waals surface area (Å²) in [6.45, 7) is 0. The fourth-order valence-corrected chi connectivity index (χ4v) is 1.88. The first-order chi connectivity index (χ1) is 7.70. The van der Waals surface area contributed by atoms with Crippen molar-refractivity contribution in [2.45, 2.75) is 0 Å². The predicted octanol–water partition coefficient (Wildman–Crippen LogP) is 2.47. The monoisotopic (exact) mass is 328 g/mol. The van der Waals surface area contributed by atoms with Crippen LogP contribution in [0.5, 0.6) is 0 Å². The van der Waals surface area contributed by atoms with Crippen molar-refractivity contribution in [2.75, 3.05) is 7.11 Å². The van der Waals surface area contributed by atoms with Crippen molar-refractivity contribution >= 4 is 28.6 Å². The zero-order valence-corrected chi connectivity index (χ0v) is 10.7. The van der Waals surface area contributed by atoms with Crippen molar-refractivity contribution < 1.29 is 9.53 Å². The zero-order chi connectivity index (χ0) is 11.5. The maximum absolute atomic E-state index is 11.2. The Morgan fingerprint density at radius 2 is 2.25 bits per heavy atom. The third-order valence-corrected chi connectivity index (χ3v) is 2.77. The number of halogens is 1. The molecule has 0 bridgehead atoms. The molecule has 16 heavy (non-hydrogen) atoms. The number of aromatic amines is 1. The van der Waals surface area contributed by atoms with Crippen LogP contribution in [0.15, 0.2) is 30.3 Å². The van der Waals surface area contributed by atoms with Crippen LogP contribution in [-0.4, -0.2) is 23.3 Å². The molecule has 0 aliphatic carbocycles. The quantitative estimate of drug-likeness (QED) is 0.681. The molecule has 0 fully saturated rings. The van der Waals surface area contributed by atoms with Gasteiger partial charge in [-0.25, -0.2) is 4.79 Å². The molecule has 0 atom stereocenters. The first-order valence-corrected chi connectivity index (χ1v) is 5.68. The molecule has 82 valence electrons. The Balaban J connectivity index is 2.35. The van der Waals surface area contributed by atoms with E-state index in [1.54, 1.807) is 6.07 Å². The number of nitrogens with one attached hydrogen (secondary N) is 1. The number of carbonyl (C=O) groups is 1. The van der Waals surface area contributed by atoms with E-state index in [0.717, 1.165) is 14.8 Å². The van der Waals surface area contributed by atoms with Crippen LogP contribution in [0.1, 0.15) is 10.5 Å². The van der Waals surface area contributed by atoms with Crippen LogP contribution >= 0.6 is 22.6 Å². The number of esters is 1. The van der Waals surface area contributed by atoms with E-state index < -0.39 is 5.97 Å². The van der Waals surface area contributed by atoms with Crippen molar-refractivity contribution in [2.24, 2.45) is 0 Å². The van der Waals surface area contributed by atoms with Gasteiger partial charge in [0.2, 0.25) is 0 Å². The molecule has 2 rings (SSSR count). The minimum atomic E-state index is -0.413. The van der Waals surface area contributed by atoms with Crippen molar-refractivity contribution in [1.82, 2.24) is 10.2 Å². The number of hydrogen-bond donors (Lipinski definition) is 1. The summed E-state index contributed by atoms with van der Waals surface area (Å²) in [5.74, 6) is -0.413. The van der Waals surface area contributed by atoms with E-state index in [1.165, 1.54) is 7.11 Å². The second kappa shape index (κ2) is 4.65. The molecule has 2 aromatic rings. The molecule has 1 heterocycles. The van der Waals surface area contributed by atoms with Gasteiger partial charge in [-0.05, 0) is 40.8 Å². The lowest BCUT2D eigenvalue weighted by Crippen LogP contribution is -2.00. The highest BCUT2D eigenvalue weighted by atomic mass is 127. The summed E-state index contributed by atoms with van der Waals surface area (Å²) in [4.78, 5) is 11.2. The molecule has 0 spiro atoms. The van der Waals surface area contributed by atoms with Crippen LogP contribution in [0.3, 0.4) is 0 Å². The molecule has 0 saturated carbocycles. The smallest absolute Gasteiger partial charge is 0.356 e. The van der Waals surface area contributed by atoms with Gasteiger partial charge < -0.3 is 4.74 Å². The first-order valence-electron chi connectivity index (χ1n) is 4.60. The Bertz CT molecular complexity index is 522. The average molecular weight is 328 g/mol. The lowest BCUT2D eigenvalue weighted by atomic mass is 10.1. The van der Waals surface area contributed by atoms with E-state index in [4.69, 9.17) is 0 Å². The second-order valence-electron chi connectivity index (χ2n) is 3.17.